The fraction of sp³-hybridized carbons (Fsp3) is 0.500. The van der Waals surface area contributed by atoms with Gasteiger partial charge >= 0.3 is 11.9 Å². The molecule has 0 fully saturated rings. The zero-order chi connectivity index (χ0) is 11.8. The van der Waals surface area contributed by atoms with E-state index in [1.54, 1.807) is 0 Å². The first-order valence-electron chi connectivity index (χ1n) is 5.50. The molecule has 0 unspecified atom stereocenters. The van der Waals surface area contributed by atoms with Gasteiger partial charge in [0, 0.05) is 18.6 Å². The van der Waals surface area contributed by atoms with Gasteiger partial charge in [0.1, 0.15) is 5.76 Å². The van der Waals surface area contributed by atoms with E-state index in [4.69, 9.17) is 9.84 Å². The van der Waals surface area contributed by atoms with Crippen LogP contribution in [0.25, 0.3) is 0 Å². The minimum atomic E-state index is -1.15. The molecule has 0 amide bonds. The van der Waals surface area contributed by atoms with E-state index in [2.05, 4.69) is 0 Å². The average molecular weight is 224 g/mol. The summed E-state index contributed by atoms with van der Waals surface area (Å²) in [5, 5.41) is 8.34. The van der Waals surface area contributed by atoms with Crippen LogP contribution in [0.2, 0.25) is 0 Å². The second-order valence-electron chi connectivity index (χ2n) is 3.72. The minimum absolute atomic E-state index is 0.616. The van der Waals surface area contributed by atoms with Crippen molar-refractivity contribution in [3.63, 3.8) is 0 Å². The van der Waals surface area contributed by atoms with Gasteiger partial charge in [0.15, 0.2) is 0 Å². The highest BCUT2D eigenvalue weighted by Crippen LogP contribution is 2.17. The maximum Gasteiger partial charge on any atom is 0.336 e. The lowest BCUT2D eigenvalue weighted by molar-refractivity contribution is -0.135. The molecule has 1 rings (SSSR count). The zero-order valence-corrected chi connectivity index (χ0v) is 9.15. The molecule has 4 nitrogen and oxygen atoms in total. The molecule has 1 aliphatic rings. The van der Waals surface area contributed by atoms with Crippen molar-refractivity contribution in [2.75, 3.05) is 0 Å². The van der Waals surface area contributed by atoms with Crippen molar-refractivity contribution in [2.45, 2.75) is 38.5 Å². The van der Waals surface area contributed by atoms with E-state index in [1.165, 1.54) is 6.42 Å². The first kappa shape index (κ1) is 12.5. The fourth-order valence-electron chi connectivity index (χ4n) is 1.56. The van der Waals surface area contributed by atoms with Crippen LogP contribution in [0.3, 0.4) is 0 Å². The van der Waals surface area contributed by atoms with Crippen LogP contribution in [0.5, 0.6) is 0 Å². The van der Waals surface area contributed by atoms with Crippen molar-refractivity contribution in [2.24, 2.45) is 0 Å². The van der Waals surface area contributed by atoms with E-state index < -0.39 is 11.9 Å². The summed E-state index contributed by atoms with van der Waals surface area (Å²) >= 11 is 0. The Morgan fingerprint density at radius 1 is 1.19 bits per heavy atom. The molecule has 1 N–H and O–H groups in total. The van der Waals surface area contributed by atoms with Crippen LogP contribution in [0.1, 0.15) is 38.5 Å². The van der Waals surface area contributed by atoms with Gasteiger partial charge in [0.25, 0.3) is 0 Å². The van der Waals surface area contributed by atoms with Gasteiger partial charge in [-0.05, 0) is 25.3 Å². The predicted octanol–water partition coefficient (Wildman–Crippen LogP) is 2.41. The number of aliphatic carboxylic acids is 1. The number of carbonyl (C=O) groups excluding carboxylic acids is 1. The van der Waals surface area contributed by atoms with Crippen molar-refractivity contribution in [1.29, 1.82) is 0 Å². The number of hydrogen-bond donors (Lipinski definition) is 1. The lowest BCUT2D eigenvalue weighted by Crippen LogP contribution is -2.03. The number of carboxylic acid groups (broad SMARTS) is 1. The summed E-state index contributed by atoms with van der Waals surface area (Å²) in [4.78, 5) is 21.4. The summed E-state index contributed by atoms with van der Waals surface area (Å²) in [5.74, 6) is -1.10. The minimum Gasteiger partial charge on any atom is -0.478 e. The zero-order valence-electron chi connectivity index (χ0n) is 9.15. The highest BCUT2D eigenvalue weighted by molar-refractivity contribution is 5.91. The molecule has 16 heavy (non-hydrogen) atoms. The molecule has 88 valence electrons. The smallest absolute Gasteiger partial charge is 0.336 e. The van der Waals surface area contributed by atoms with Gasteiger partial charge in [0.05, 0.1) is 0 Å². The van der Waals surface area contributed by atoms with E-state index in [0.717, 1.165) is 44.3 Å². The van der Waals surface area contributed by atoms with Gasteiger partial charge in [-0.2, -0.15) is 0 Å². The molecule has 0 saturated heterocycles. The Balaban J connectivity index is 2.44. The standard InChI is InChI=1S/C12H16O4/c13-11(14)8-9-12(15)16-10-6-4-2-1-3-5-7-10/h6,8-9H,1-5,7H2,(H,13,14)/b9-8+,10-6?. The van der Waals surface area contributed by atoms with Crippen molar-refractivity contribution in [1.82, 2.24) is 0 Å². The maximum absolute atomic E-state index is 11.2. The first-order chi connectivity index (χ1) is 7.68. The number of carbonyl (C=O) groups is 2. The van der Waals surface area contributed by atoms with E-state index in [-0.39, 0.29) is 0 Å². The molecular formula is C12H16O4. The highest BCUT2D eigenvalue weighted by Gasteiger charge is 2.06. The average Bonchev–Trinajstić information content (AvgIpc) is 2.19. The molecule has 0 aliphatic heterocycles. The molecule has 0 bridgehead atoms. The Labute approximate surface area is 94.6 Å². The van der Waals surface area contributed by atoms with Gasteiger partial charge in [-0.1, -0.05) is 12.8 Å². The molecule has 0 spiro atoms. The quantitative estimate of drug-likeness (QED) is 0.590. The van der Waals surface area contributed by atoms with E-state index in [1.807, 2.05) is 6.08 Å². The Bertz CT molecular complexity index is 315. The third kappa shape index (κ3) is 5.34. The van der Waals surface area contributed by atoms with Gasteiger partial charge in [-0.15, -0.1) is 0 Å². The van der Waals surface area contributed by atoms with Gasteiger partial charge in [-0.25, -0.2) is 9.59 Å². The van der Waals surface area contributed by atoms with Gasteiger partial charge < -0.3 is 9.84 Å². The van der Waals surface area contributed by atoms with Crippen LogP contribution >= 0.6 is 0 Å². The van der Waals surface area contributed by atoms with Crippen molar-refractivity contribution >= 4 is 11.9 Å². The SMILES string of the molecule is O=C(O)/C=C/C(=O)OC1=CCCCCCC1. The molecule has 0 aromatic carbocycles. The summed E-state index contributed by atoms with van der Waals surface area (Å²) in [6, 6.07) is 0. The largest absolute Gasteiger partial charge is 0.478 e. The number of carboxylic acids is 1. The molecule has 4 heteroatoms. The molecular weight excluding hydrogens is 208 g/mol. The summed E-state index contributed by atoms with van der Waals surface area (Å²) in [6.07, 6.45) is 9.82. The maximum atomic E-state index is 11.2. The Morgan fingerprint density at radius 2 is 1.94 bits per heavy atom. The summed E-state index contributed by atoms with van der Waals surface area (Å²) < 4.78 is 5.05. The van der Waals surface area contributed by atoms with Crippen LogP contribution in [-0.4, -0.2) is 17.0 Å². The van der Waals surface area contributed by atoms with Crippen LogP contribution in [0.4, 0.5) is 0 Å². The molecule has 0 aromatic rings. The Kier molecular flexibility index (Phi) is 5.32. The number of ether oxygens (including phenoxy) is 1. The Morgan fingerprint density at radius 3 is 2.69 bits per heavy atom. The third-order valence-corrected chi connectivity index (χ3v) is 2.34. The van der Waals surface area contributed by atoms with Crippen molar-refractivity contribution < 1.29 is 19.4 Å². The molecule has 0 heterocycles. The van der Waals surface area contributed by atoms with E-state index in [0.29, 0.717) is 5.76 Å². The van der Waals surface area contributed by atoms with Crippen LogP contribution < -0.4 is 0 Å². The lowest BCUT2D eigenvalue weighted by Gasteiger charge is -2.10. The monoisotopic (exact) mass is 224 g/mol. The van der Waals surface area contributed by atoms with Crippen LogP contribution in [0.15, 0.2) is 24.0 Å². The van der Waals surface area contributed by atoms with Gasteiger partial charge in [0.2, 0.25) is 0 Å². The second-order valence-corrected chi connectivity index (χ2v) is 3.72. The summed E-state index contributed by atoms with van der Waals surface area (Å²) in [7, 11) is 0. The number of rotatable bonds is 3. The fourth-order valence-corrected chi connectivity index (χ4v) is 1.56. The van der Waals surface area contributed by atoms with Crippen molar-refractivity contribution in [3.8, 4) is 0 Å². The normalized spacial score (nSPS) is 17.4. The topological polar surface area (TPSA) is 63.6 Å². The number of allylic oxidation sites excluding steroid dienone is 2. The molecule has 0 radical (unpaired) electrons. The summed E-state index contributed by atoms with van der Waals surface area (Å²) in [5.41, 5.74) is 0. The highest BCUT2D eigenvalue weighted by atomic mass is 16.5. The summed E-state index contributed by atoms with van der Waals surface area (Å²) in [6.45, 7) is 0. The first-order valence-corrected chi connectivity index (χ1v) is 5.50. The van der Waals surface area contributed by atoms with E-state index >= 15 is 0 Å². The van der Waals surface area contributed by atoms with Crippen LogP contribution in [0, 0.1) is 0 Å². The van der Waals surface area contributed by atoms with Crippen molar-refractivity contribution in [3.05, 3.63) is 24.0 Å². The number of hydrogen-bond acceptors (Lipinski definition) is 3. The molecule has 0 saturated carbocycles. The van der Waals surface area contributed by atoms with Gasteiger partial charge in [-0.3, -0.25) is 0 Å². The van der Waals surface area contributed by atoms with Crippen LogP contribution in [-0.2, 0) is 14.3 Å². The lowest BCUT2D eigenvalue weighted by atomic mass is 10.1. The predicted molar refractivity (Wildman–Crippen MR) is 58.7 cm³/mol. The number of esters is 1. The second kappa shape index (κ2) is 6.82. The molecule has 0 aromatic heterocycles. The van der Waals surface area contributed by atoms with E-state index in [9.17, 15) is 9.59 Å². The third-order valence-electron chi connectivity index (χ3n) is 2.34. The molecule has 0 atom stereocenters. The Hall–Kier alpha value is -1.58. The molecule has 1 aliphatic carbocycles.